The number of thiophene rings is 1. The summed E-state index contributed by atoms with van der Waals surface area (Å²) in [5.74, 6) is 0. The van der Waals surface area contributed by atoms with Gasteiger partial charge in [0.1, 0.15) is 0 Å². The van der Waals surface area contributed by atoms with Crippen LogP contribution in [0.4, 0.5) is 0 Å². The van der Waals surface area contributed by atoms with E-state index in [0.717, 1.165) is 4.47 Å². The molecule has 6 heteroatoms. The molecule has 2 aromatic heterocycles. The van der Waals surface area contributed by atoms with Crippen molar-refractivity contribution in [1.82, 2.24) is 4.98 Å². The number of pyridine rings is 1. The number of hydrogen-bond acceptors (Lipinski definition) is 3. The Morgan fingerprint density at radius 2 is 2.24 bits per heavy atom. The second kappa shape index (κ2) is 5.67. The molecule has 1 unspecified atom stereocenters. The molecule has 0 spiro atoms. The van der Waals surface area contributed by atoms with E-state index in [0.29, 0.717) is 22.2 Å². The molecule has 2 aromatic rings. The number of halogens is 3. The van der Waals surface area contributed by atoms with Crippen LogP contribution in [0.25, 0.3) is 0 Å². The molecule has 90 valence electrons. The van der Waals surface area contributed by atoms with Gasteiger partial charge in [0.2, 0.25) is 0 Å². The van der Waals surface area contributed by atoms with Crippen LogP contribution in [0.5, 0.6) is 0 Å². The van der Waals surface area contributed by atoms with Gasteiger partial charge >= 0.3 is 0 Å². The summed E-state index contributed by atoms with van der Waals surface area (Å²) in [7, 11) is 0. The molecule has 0 saturated heterocycles. The summed E-state index contributed by atoms with van der Waals surface area (Å²) in [6, 6.07) is 3.44. The molecule has 0 amide bonds. The van der Waals surface area contributed by atoms with Gasteiger partial charge in [-0.15, -0.1) is 11.3 Å². The minimum absolute atomic E-state index is 0.227. The van der Waals surface area contributed by atoms with Crippen molar-refractivity contribution in [2.75, 3.05) is 0 Å². The maximum Gasteiger partial charge on any atom is 0.0761 e. The van der Waals surface area contributed by atoms with Crippen LogP contribution in [-0.2, 0) is 6.42 Å². The van der Waals surface area contributed by atoms with Gasteiger partial charge in [-0.3, -0.25) is 4.98 Å². The van der Waals surface area contributed by atoms with Crippen LogP contribution in [0, 0.1) is 0 Å². The molecular formula is C11H9BrCl2N2S. The van der Waals surface area contributed by atoms with Gasteiger partial charge in [-0.2, -0.15) is 0 Å². The Kier molecular flexibility index (Phi) is 4.44. The van der Waals surface area contributed by atoms with Crippen molar-refractivity contribution in [2.45, 2.75) is 12.5 Å². The zero-order chi connectivity index (χ0) is 12.4. The van der Waals surface area contributed by atoms with Crippen LogP contribution in [0.3, 0.4) is 0 Å². The lowest BCUT2D eigenvalue weighted by Gasteiger charge is -2.12. The van der Waals surface area contributed by atoms with Gasteiger partial charge in [-0.1, -0.05) is 23.2 Å². The van der Waals surface area contributed by atoms with E-state index in [1.807, 2.05) is 11.4 Å². The van der Waals surface area contributed by atoms with Crippen molar-refractivity contribution >= 4 is 50.5 Å². The summed E-state index contributed by atoms with van der Waals surface area (Å²) in [6.45, 7) is 0. The van der Waals surface area contributed by atoms with Gasteiger partial charge in [0.15, 0.2) is 0 Å². The first-order valence-corrected chi connectivity index (χ1v) is 7.29. The van der Waals surface area contributed by atoms with E-state index in [-0.39, 0.29) is 6.04 Å². The Labute approximate surface area is 122 Å². The van der Waals surface area contributed by atoms with E-state index in [1.54, 1.807) is 23.6 Å². The van der Waals surface area contributed by atoms with Gasteiger partial charge in [0, 0.05) is 22.0 Å². The summed E-state index contributed by atoms with van der Waals surface area (Å²) < 4.78 is 1.07. The van der Waals surface area contributed by atoms with Crippen molar-refractivity contribution in [3.05, 3.63) is 48.8 Å². The summed E-state index contributed by atoms with van der Waals surface area (Å²) in [6.07, 6.45) is 2.26. The standard InChI is InChI=1S/C11H9BrCl2N2S/c12-7-1-2-17-10(7)4-9(15)11-8(14)3-6(13)5-16-11/h1-3,5,9H,4,15H2. The highest BCUT2D eigenvalue weighted by molar-refractivity contribution is 9.10. The van der Waals surface area contributed by atoms with Crippen LogP contribution in [0.2, 0.25) is 10.0 Å². The minimum atomic E-state index is -0.227. The number of aromatic nitrogens is 1. The van der Waals surface area contributed by atoms with E-state index >= 15 is 0 Å². The largest absolute Gasteiger partial charge is 0.322 e. The summed E-state index contributed by atoms with van der Waals surface area (Å²) >= 11 is 17.0. The lowest BCUT2D eigenvalue weighted by atomic mass is 10.1. The quantitative estimate of drug-likeness (QED) is 0.886. The fourth-order valence-electron chi connectivity index (χ4n) is 1.47. The average Bonchev–Trinajstić information content (AvgIpc) is 2.64. The monoisotopic (exact) mass is 350 g/mol. The third-order valence-electron chi connectivity index (χ3n) is 2.28. The zero-order valence-electron chi connectivity index (χ0n) is 8.66. The predicted octanol–water partition coefficient (Wildman–Crippen LogP) is 4.45. The van der Waals surface area contributed by atoms with Crippen molar-refractivity contribution in [2.24, 2.45) is 5.73 Å². The van der Waals surface area contributed by atoms with Gasteiger partial charge in [-0.05, 0) is 33.4 Å². The Morgan fingerprint density at radius 3 is 2.82 bits per heavy atom. The normalized spacial score (nSPS) is 12.7. The number of nitrogens with zero attached hydrogens (tertiary/aromatic N) is 1. The first kappa shape index (κ1) is 13.3. The third kappa shape index (κ3) is 3.20. The molecule has 2 heterocycles. The molecule has 0 aliphatic heterocycles. The van der Waals surface area contributed by atoms with Crippen molar-refractivity contribution in [1.29, 1.82) is 0 Å². The minimum Gasteiger partial charge on any atom is -0.322 e. The van der Waals surface area contributed by atoms with Gasteiger partial charge in [0.25, 0.3) is 0 Å². The maximum absolute atomic E-state index is 6.10. The topological polar surface area (TPSA) is 38.9 Å². The zero-order valence-corrected chi connectivity index (χ0v) is 12.6. The van der Waals surface area contributed by atoms with E-state index < -0.39 is 0 Å². The molecule has 2 N–H and O–H groups in total. The predicted molar refractivity (Wildman–Crippen MR) is 76.9 cm³/mol. The maximum atomic E-state index is 6.10. The molecular weight excluding hydrogens is 343 g/mol. The molecule has 0 radical (unpaired) electrons. The van der Waals surface area contributed by atoms with Crippen molar-refractivity contribution in [3.63, 3.8) is 0 Å². The lowest BCUT2D eigenvalue weighted by molar-refractivity contribution is 0.702. The smallest absolute Gasteiger partial charge is 0.0761 e. The molecule has 1 atom stereocenters. The Bertz CT molecular complexity index is 530. The van der Waals surface area contributed by atoms with Crippen molar-refractivity contribution < 1.29 is 0 Å². The van der Waals surface area contributed by atoms with Gasteiger partial charge in [-0.25, -0.2) is 0 Å². The Hall–Kier alpha value is -0.130. The number of rotatable bonds is 3. The average molecular weight is 352 g/mol. The molecule has 0 bridgehead atoms. The summed E-state index contributed by atoms with van der Waals surface area (Å²) in [5.41, 5.74) is 6.78. The van der Waals surface area contributed by atoms with Crippen molar-refractivity contribution in [3.8, 4) is 0 Å². The lowest BCUT2D eigenvalue weighted by Crippen LogP contribution is -2.15. The van der Waals surface area contributed by atoms with E-state index in [2.05, 4.69) is 20.9 Å². The summed E-state index contributed by atoms with van der Waals surface area (Å²) in [5, 5.41) is 3.05. The molecule has 0 aromatic carbocycles. The molecule has 17 heavy (non-hydrogen) atoms. The van der Waals surface area contributed by atoms with Crippen LogP contribution >= 0.6 is 50.5 Å². The first-order chi connectivity index (χ1) is 8.08. The number of nitrogens with two attached hydrogens (primary N) is 1. The van der Waals surface area contributed by atoms with Crippen LogP contribution in [-0.4, -0.2) is 4.98 Å². The highest BCUT2D eigenvalue weighted by Gasteiger charge is 2.15. The van der Waals surface area contributed by atoms with E-state index in [4.69, 9.17) is 28.9 Å². The molecule has 0 fully saturated rings. The first-order valence-electron chi connectivity index (χ1n) is 4.86. The van der Waals surface area contributed by atoms with Gasteiger partial charge in [0.05, 0.1) is 21.8 Å². The Morgan fingerprint density at radius 1 is 1.47 bits per heavy atom. The SMILES string of the molecule is NC(Cc1sccc1Br)c1ncc(Cl)cc1Cl. The second-order valence-corrected chi connectivity index (χ2v) is 6.22. The van der Waals surface area contributed by atoms with Crippen LogP contribution in [0.1, 0.15) is 16.6 Å². The number of hydrogen-bond donors (Lipinski definition) is 1. The van der Waals surface area contributed by atoms with E-state index in [1.165, 1.54) is 4.88 Å². The molecule has 2 rings (SSSR count). The van der Waals surface area contributed by atoms with E-state index in [9.17, 15) is 0 Å². The molecule has 0 saturated carbocycles. The highest BCUT2D eigenvalue weighted by Crippen LogP contribution is 2.29. The Balaban J connectivity index is 2.20. The summed E-state index contributed by atoms with van der Waals surface area (Å²) in [4.78, 5) is 5.37. The van der Waals surface area contributed by atoms with Gasteiger partial charge < -0.3 is 5.73 Å². The van der Waals surface area contributed by atoms with Crippen LogP contribution < -0.4 is 5.73 Å². The molecule has 2 nitrogen and oxygen atoms in total. The van der Waals surface area contributed by atoms with Crippen LogP contribution in [0.15, 0.2) is 28.2 Å². The molecule has 0 aliphatic carbocycles. The third-order valence-corrected chi connectivity index (χ3v) is 4.74. The molecule has 0 aliphatic rings. The highest BCUT2D eigenvalue weighted by atomic mass is 79.9. The fraction of sp³-hybridized carbons (Fsp3) is 0.182. The fourth-order valence-corrected chi connectivity index (χ4v) is 3.56. The second-order valence-electron chi connectivity index (χ2n) is 3.52.